The monoisotopic (exact) mass is 303 g/mol. The number of aliphatic hydroxyl groups excluding tert-OH is 1. The first-order valence-corrected chi connectivity index (χ1v) is 6.83. The van der Waals surface area contributed by atoms with Crippen LogP contribution >= 0.6 is 23.2 Å². The standard InChI is InChI=1S/C13H15Cl2NO3/c14-9-1-2-11(15)12(5-9)19-7-13(18)16-6-8-3-10(17)4-8/h1-2,5,8,10,17H,3-4,6-7H2,(H,16,18). The van der Waals surface area contributed by atoms with Crippen molar-refractivity contribution >= 4 is 29.1 Å². The summed E-state index contributed by atoms with van der Waals surface area (Å²) in [5.41, 5.74) is 0. The summed E-state index contributed by atoms with van der Waals surface area (Å²) in [5.74, 6) is 0.550. The Hall–Kier alpha value is -0.970. The fraction of sp³-hybridized carbons (Fsp3) is 0.462. The zero-order valence-corrected chi connectivity index (χ0v) is 11.7. The number of aliphatic hydroxyl groups is 1. The molecule has 1 aromatic rings. The highest BCUT2D eigenvalue weighted by Crippen LogP contribution is 2.28. The van der Waals surface area contributed by atoms with E-state index in [1.165, 1.54) is 0 Å². The maximum atomic E-state index is 11.6. The number of carbonyl (C=O) groups is 1. The molecule has 1 fully saturated rings. The lowest BCUT2D eigenvalue weighted by Gasteiger charge is -2.31. The van der Waals surface area contributed by atoms with Crippen molar-refractivity contribution in [3.05, 3.63) is 28.2 Å². The molecule has 0 radical (unpaired) electrons. The SMILES string of the molecule is O=C(COc1cc(Cl)ccc1Cl)NCC1CC(O)C1. The summed E-state index contributed by atoms with van der Waals surface area (Å²) >= 11 is 11.7. The van der Waals surface area contributed by atoms with Crippen molar-refractivity contribution in [2.75, 3.05) is 13.2 Å². The Bertz CT molecular complexity index is 461. The van der Waals surface area contributed by atoms with Crippen LogP contribution in [0.25, 0.3) is 0 Å². The molecular weight excluding hydrogens is 289 g/mol. The van der Waals surface area contributed by atoms with Crippen LogP contribution in [-0.2, 0) is 4.79 Å². The lowest BCUT2D eigenvalue weighted by Crippen LogP contribution is -2.39. The number of benzene rings is 1. The van der Waals surface area contributed by atoms with E-state index < -0.39 is 0 Å². The van der Waals surface area contributed by atoms with E-state index in [4.69, 9.17) is 33.0 Å². The van der Waals surface area contributed by atoms with Crippen LogP contribution < -0.4 is 10.1 Å². The van der Waals surface area contributed by atoms with E-state index in [-0.39, 0.29) is 18.6 Å². The lowest BCUT2D eigenvalue weighted by atomic mass is 9.82. The molecule has 2 rings (SSSR count). The third kappa shape index (κ3) is 4.27. The van der Waals surface area contributed by atoms with E-state index in [1.807, 2.05) is 0 Å². The van der Waals surface area contributed by atoms with Crippen LogP contribution in [0.4, 0.5) is 0 Å². The average molecular weight is 304 g/mol. The van der Waals surface area contributed by atoms with E-state index in [0.29, 0.717) is 28.3 Å². The van der Waals surface area contributed by atoms with Gasteiger partial charge in [-0.25, -0.2) is 0 Å². The molecule has 0 aromatic heterocycles. The number of nitrogens with one attached hydrogen (secondary N) is 1. The second-order valence-corrected chi connectivity index (χ2v) is 5.50. The Morgan fingerprint density at radius 1 is 1.42 bits per heavy atom. The minimum atomic E-state index is -0.211. The molecule has 1 amide bonds. The summed E-state index contributed by atoms with van der Waals surface area (Å²) < 4.78 is 5.31. The Labute approximate surface area is 121 Å². The number of hydrogen-bond donors (Lipinski definition) is 2. The maximum absolute atomic E-state index is 11.6. The van der Waals surface area contributed by atoms with E-state index in [9.17, 15) is 4.79 Å². The number of hydrogen-bond acceptors (Lipinski definition) is 3. The van der Waals surface area contributed by atoms with Gasteiger partial charge in [-0.3, -0.25) is 4.79 Å². The van der Waals surface area contributed by atoms with Gasteiger partial charge in [0.1, 0.15) is 5.75 Å². The van der Waals surface area contributed by atoms with Gasteiger partial charge in [-0.15, -0.1) is 0 Å². The van der Waals surface area contributed by atoms with Crippen molar-refractivity contribution in [1.82, 2.24) is 5.32 Å². The van der Waals surface area contributed by atoms with Crippen molar-refractivity contribution in [3.63, 3.8) is 0 Å². The van der Waals surface area contributed by atoms with Crippen molar-refractivity contribution in [1.29, 1.82) is 0 Å². The van der Waals surface area contributed by atoms with Crippen LogP contribution in [0.1, 0.15) is 12.8 Å². The first-order chi connectivity index (χ1) is 9.04. The number of carbonyl (C=O) groups excluding carboxylic acids is 1. The van der Waals surface area contributed by atoms with E-state index in [2.05, 4.69) is 5.32 Å². The molecule has 0 spiro atoms. The molecule has 0 unspecified atom stereocenters. The highest BCUT2D eigenvalue weighted by molar-refractivity contribution is 6.34. The normalized spacial score (nSPS) is 21.6. The molecular formula is C13H15Cl2NO3. The largest absolute Gasteiger partial charge is 0.482 e. The Balaban J connectivity index is 1.72. The highest BCUT2D eigenvalue weighted by atomic mass is 35.5. The zero-order chi connectivity index (χ0) is 13.8. The molecule has 4 nitrogen and oxygen atoms in total. The number of amides is 1. The second-order valence-electron chi connectivity index (χ2n) is 4.66. The predicted molar refractivity (Wildman–Crippen MR) is 73.7 cm³/mol. The summed E-state index contributed by atoms with van der Waals surface area (Å²) in [6.45, 7) is 0.470. The fourth-order valence-corrected chi connectivity index (χ4v) is 2.24. The van der Waals surface area contributed by atoms with Crippen molar-refractivity contribution < 1.29 is 14.6 Å². The third-order valence-corrected chi connectivity index (χ3v) is 3.60. The molecule has 19 heavy (non-hydrogen) atoms. The Morgan fingerprint density at radius 2 is 2.16 bits per heavy atom. The summed E-state index contributed by atoms with van der Waals surface area (Å²) in [4.78, 5) is 11.6. The van der Waals surface area contributed by atoms with Gasteiger partial charge in [0.05, 0.1) is 11.1 Å². The molecule has 1 saturated carbocycles. The van der Waals surface area contributed by atoms with Gasteiger partial charge in [0.15, 0.2) is 6.61 Å². The van der Waals surface area contributed by atoms with Crippen molar-refractivity contribution in [3.8, 4) is 5.75 Å². The summed E-state index contributed by atoms with van der Waals surface area (Å²) in [6.07, 6.45) is 1.30. The average Bonchev–Trinajstić information content (AvgIpc) is 2.34. The van der Waals surface area contributed by atoms with Crippen molar-refractivity contribution in [2.45, 2.75) is 18.9 Å². The number of halogens is 2. The van der Waals surface area contributed by atoms with Gasteiger partial charge in [0, 0.05) is 17.6 Å². The minimum absolute atomic E-state index is 0.102. The lowest BCUT2D eigenvalue weighted by molar-refractivity contribution is -0.123. The molecule has 0 saturated heterocycles. The molecule has 6 heteroatoms. The van der Waals surface area contributed by atoms with Gasteiger partial charge < -0.3 is 15.2 Å². The quantitative estimate of drug-likeness (QED) is 0.877. The maximum Gasteiger partial charge on any atom is 0.257 e. The summed E-state index contributed by atoms with van der Waals surface area (Å²) in [5, 5.41) is 12.8. The Kier molecular flexibility index (Phi) is 4.91. The fourth-order valence-electron chi connectivity index (χ4n) is 1.91. The second kappa shape index (κ2) is 6.46. The van der Waals surface area contributed by atoms with Crippen LogP contribution in [0.5, 0.6) is 5.75 Å². The van der Waals surface area contributed by atoms with Gasteiger partial charge in [0.25, 0.3) is 5.91 Å². The zero-order valence-electron chi connectivity index (χ0n) is 10.2. The van der Waals surface area contributed by atoms with Gasteiger partial charge in [0.2, 0.25) is 0 Å². The van der Waals surface area contributed by atoms with E-state index >= 15 is 0 Å². The highest BCUT2D eigenvalue weighted by Gasteiger charge is 2.27. The summed E-state index contributed by atoms with van der Waals surface area (Å²) in [7, 11) is 0. The minimum Gasteiger partial charge on any atom is -0.482 e. The van der Waals surface area contributed by atoms with Crippen LogP contribution in [-0.4, -0.2) is 30.3 Å². The van der Waals surface area contributed by atoms with Crippen molar-refractivity contribution in [2.24, 2.45) is 5.92 Å². The van der Waals surface area contributed by atoms with Gasteiger partial charge in [-0.05, 0) is 30.9 Å². The molecule has 0 atom stereocenters. The van der Waals surface area contributed by atoms with Gasteiger partial charge >= 0.3 is 0 Å². The predicted octanol–water partition coefficient (Wildman–Crippen LogP) is 2.26. The molecule has 104 valence electrons. The topological polar surface area (TPSA) is 58.6 Å². The van der Waals surface area contributed by atoms with Gasteiger partial charge in [-0.2, -0.15) is 0 Å². The molecule has 0 aliphatic heterocycles. The molecule has 0 bridgehead atoms. The number of rotatable bonds is 5. The molecule has 1 aromatic carbocycles. The summed E-state index contributed by atoms with van der Waals surface area (Å²) in [6, 6.07) is 4.84. The Morgan fingerprint density at radius 3 is 2.84 bits per heavy atom. The third-order valence-electron chi connectivity index (χ3n) is 3.05. The van der Waals surface area contributed by atoms with Crippen LogP contribution in [0, 0.1) is 5.92 Å². The smallest absolute Gasteiger partial charge is 0.257 e. The first kappa shape index (κ1) is 14.4. The van der Waals surface area contributed by atoms with E-state index in [0.717, 1.165) is 12.8 Å². The van der Waals surface area contributed by atoms with Crippen LogP contribution in [0.2, 0.25) is 10.0 Å². The first-order valence-electron chi connectivity index (χ1n) is 6.07. The van der Waals surface area contributed by atoms with Crippen LogP contribution in [0.15, 0.2) is 18.2 Å². The molecule has 2 N–H and O–H groups in total. The van der Waals surface area contributed by atoms with E-state index in [1.54, 1.807) is 18.2 Å². The molecule has 1 aliphatic rings. The van der Waals surface area contributed by atoms with Crippen LogP contribution in [0.3, 0.4) is 0 Å². The molecule has 0 heterocycles. The van der Waals surface area contributed by atoms with Gasteiger partial charge in [-0.1, -0.05) is 23.2 Å². The number of ether oxygens (including phenoxy) is 1. The molecule has 1 aliphatic carbocycles.